The smallest absolute Gasteiger partial charge is 0.255 e. The van der Waals surface area contributed by atoms with Crippen molar-refractivity contribution in [3.8, 4) is 0 Å². The van der Waals surface area contributed by atoms with Crippen molar-refractivity contribution in [3.63, 3.8) is 0 Å². The number of carbonyl (C=O) groups is 1. The molecule has 2 aromatic heterocycles. The molecule has 0 saturated carbocycles. The summed E-state index contributed by atoms with van der Waals surface area (Å²) in [5.74, 6) is 0.338. The zero-order valence-corrected chi connectivity index (χ0v) is 10.8. The number of likely N-dealkylation sites (tertiary alicyclic amines) is 1. The lowest BCUT2D eigenvalue weighted by Crippen LogP contribution is -2.28. The molecule has 1 fully saturated rings. The van der Waals surface area contributed by atoms with Crippen molar-refractivity contribution in [2.75, 3.05) is 18.8 Å². The maximum atomic E-state index is 12.4. The van der Waals surface area contributed by atoms with Crippen molar-refractivity contribution in [3.05, 3.63) is 35.4 Å². The molecule has 0 spiro atoms. The number of nitrogens with zero attached hydrogens (tertiary/aromatic N) is 2. The Kier molecular flexibility index (Phi) is 2.77. The van der Waals surface area contributed by atoms with Crippen LogP contribution < -0.4 is 5.73 Å². The third kappa shape index (κ3) is 1.99. The number of hydrogen-bond acceptors (Lipinski definition) is 3. The predicted octanol–water partition coefficient (Wildman–Crippen LogP) is 1.26. The summed E-state index contributed by atoms with van der Waals surface area (Å²) in [6.07, 6.45) is 6.14. The average molecular weight is 259 g/mol. The molecule has 1 saturated heterocycles. The number of hydrogen-bond donors (Lipinski definition) is 3. The Bertz CT molecular complexity index is 600. The second kappa shape index (κ2) is 4.46. The summed E-state index contributed by atoms with van der Waals surface area (Å²) < 4.78 is 0. The van der Waals surface area contributed by atoms with Crippen LogP contribution in [0.2, 0.25) is 0 Å². The second-order valence-corrected chi connectivity index (χ2v) is 5.03. The van der Waals surface area contributed by atoms with E-state index in [1.807, 2.05) is 18.0 Å². The zero-order valence-electron chi connectivity index (χ0n) is 10.8. The lowest BCUT2D eigenvalue weighted by Gasteiger charge is -2.16. The van der Waals surface area contributed by atoms with E-state index >= 15 is 0 Å². The molecule has 1 aliphatic heterocycles. The van der Waals surface area contributed by atoms with E-state index in [-0.39, 0.29) is 11.8 Å². The maximum absolute atomic E-state index is 12.4. The van der Waals surface area contributed by atoms with Crippen LogP contribution in [-0.2, 0) is 0 Å². The number of H-pyrrole nitrogens is 2. The summed E-state index contributed by atoms with van der Waals surface area (Å²) in [5.41, 5.74) is 9.21. The number of anilines is 1. The monoisotopic (exact) mass is 259 g/mol. The molecule has 1 unspecified atom stereocenters. The van der Waals surface area contributed by atoms with Gasteiger partial charge in [0.2, 0.25) is 0 Å². The van der Waals surface area contributed by atoms with Gasteiger partial charge in [0.1, 0.15) is 0 Å². The summed E-state index contributed by atoms with van der Waals surface area (Å²) in [5, 5.41) is 6.88. The number of nitrogen functional groups attached to an aromatic ring is 1. The van der Waals surface area contributed by atoms with Crippen molar-refractivity contribution < 1.29 is 4.79 Å². The quantitative estimate of drug-likeness (QED) is 0.758. The van der Waals surface area contributed by atoms with Crippen molar-refractivity contribution in [1.29, 1.82) is 0 Å². The first-order chi connectivity index (χ1) is 9.16. The van der Waals surface area contributed by atoms with Crippen molar-refractivity contribution in [2.45, 2.75) is 19.3 Å². The zero-order chi connectivity index (χ0) is 13.4. The molecule has 4 N–H and O–H groups in total. The summed E-state index contributed by atoms with van der Waals surface area (Å²) in [7, 11) is 0. The second-order valence-electron chi connectivity index (χ2n) is 5.03. The predicted molar refractivity (Wildman–Crippen MR) is 71.8 cm³/mol. The van der Waals surface area contributed by atoms with Crippen LogP contribution in [0.3, 0.4) is 0 Å². The molecule has 100 valence electrons. The van der Waals surface area contributed by atoms with E-state index in [4.69, 9.17) is 5.73 Å². The molecule has 2 aromatic rings. The summed E-state index contributed by atoms with van der Waals surface area (Å²) in [4.78, 5) is 17.2. The Labute approximate surface area is 111 Å². The highest BCUT2D eigenvalue weighted by Crippen LogP contribution is 2.30. The molecule has 0 bridgehead atoms. The Hall–Kier alpha value is -2.24. The average Bonchev–Trinajstić information content (AvgIpc) is 3.08. The number of carbonyl (C=O) groups excluding carboxylic acids is 1. The number of nitrogens with two attached hydrogens (primary N) is 1. The third-order valence-electron chi connectivity index (χ3n) is 3.77. The lowest BCUT2D eigenvalue weighted by atomic mass is 10.0. The standard InChI is InChI=1S/C13H17N5O/c1-8-4-15-5-10(8)13(19)18-3-2-9(7-18)12-11(14)6-16-17-12/h4-6,9,15H,2-3,7,14H2,1H3,(H,16,17). The topological polar surface area (TPSA) is 90.8 Å². The third-order valence-corrected chi connectivity index (χ3v) is 3.77. The van der Waals surface area contributed by atoms with E-state index in [1.54, 1.807) is 12.4 Å². The fourth-order valence-electron chi connectivity index (χ4n) is 2.66. The molecule has 1 atom stereocenters. The first-order valence-electron chi connectivity index (χ1n) is 6.38. The number of aryl methyl sites for hydroxylation is 1. The molecule has 6 nitrogen and oxygen atoms in total. The largest absolute Gasteiger partial charge is 0.396 e. The van der Waals surface area contributed by atoms with E-state index < -0.39 is 0 Å². The van der Waals surface area contributed by atoms with Gasteiger partial charge in [-0.05, 0) is 18.9 Å². The molecular formula is C13H17N5O. The van der Waals surface area contributed by atoms with Gasteiger partial charge in [0.05, 0.1) is 23.1 Å². The first-order valence-corrected chi connectivity index (χ1v) is 6.38. The molecule has 6 heteroatoms. The minimum Gasteiger partial charge on any atom is -0.396 e. The molecule has 1 amide bonds. The van der Waals surface area contributed by atoms with Gasteiger partial charge in [-0.25, -0.2) is 0 Å². The summed E-state index contributed by atoms with van der Waals surface area (Å²) >= 11 is 0. The van der Waals surface area contributed by atoms with E-state index in [2.05, 4.69) is 15.2 Å². The summed E-state index contributed by atoms with van der Waals surface area (Å²) in [6.45, 7) is 3.38. The first kappa shape index (κ1) is 11.8. The highest BCUT2D eigenvalue weighted by atomic mass is 16.2. The minimum atomic E-state index is 0.0827. The number of amides is 1. The van der Waals surface area contributed by atoms with Gasteiger partial charge >= 0.3 is 0 Å². The van der Waals surface area contributed by atoms with Crippen LogP contribution in [0.5, 0.6) is 0 Å². The molecule has 1 aliphatic rings. The van der Waals surface area contributed by atoms with Crippen LogP contribution >= 0.6 is 0 Å². The van der Waals surface area contributed by atoms with Crippen LogP contribution in [0.15, 0.2) is 18.6 Å². The fourth-order valence-corrected chi connectivity index (χ4v) is 2.66. The van der Waals surface area contributed by atoms with Gasteiger partial charge in [-0.3, -0.25) is 9.89 Å². The SMILES string of the molecule is Cc1c[nH]cc1C(=O)N1CCC(c2[nH]ncc2N)C1. The Morgan fingerprint density at radius 2 is 2.37 bits per heavy atom. The highest BCUT2D eigenvalue weighted by Gasteiger charge is 2.30. The maximum Gasteiger partial charge on any atom is 0.255 e. The van der Waals surface area contributed by atoms with Gasteiger partial charge in [0.15, 0.2) is 0 Å². The number of aromatic amines is 2. The lowest BCUT2D eigenvalue weighted by molar-refractivity contribution is 0.0790. The minimum absolute atomic E-state index is 0.0827. The highest BCUT2D eigenvalue weighted by molar-refractivity contribution is 5.95. The van der Waals surface area contributed by atoms with E-state index in [1.165, 1.54) is 0 Å². The number of aromatic nitrogens is 3. The fraction of sp³-hybridized carbons (Fsp3) is 0.385. The Balaban J connectivity index is 1.75. The normalized spacial score (nSPS) is 19.0. The molecule has 3 rings (SSSR count). The Morgan fingerprint density at radius 3 is 3.00 bits per heavy atom. The van der Waals surface area contributed by atoms with Gasteiger partial charge in [0.25, 0.3) is 5.91 Å². The van der Waals surface area contributed by atoms with Crippen LogP contribution in [-0.4, -0.2) is 39.1 Å². The van der Waals surface area contributed by atoms with Crippen molar-refractivity contribution >= 4 is 11.6 Å². The van der Waals surface area contributed by atoms with Crippen molar-refractivity contribution in [1.82, 2.24) is 20.1 Å². The van der Waals surface area contributed by atoms with Crippen LogP contribution in [0.25, 0.3) is 0 Å². The van der Waals surface area contributed by atoms with E-state index in [0.29, 0.717) is 12.2 Å². The van der Waals surface area contributed by atoms with Gasteiger partial charge in [-0.15, -0.1) is 0 Å². The number of rotatable bonds is 2. The van der Waals surface area contributed by atoms with Crippen LogP contribution in [0.4, 0.5) is 5.69 Å². The molecule has 0 aromatic carbocycles. The van der Waals surface area contributed by atoms with Crippen LogP contribution in [0.1, 0.15) is 34.0 Å². The molecule has 0 aliphatic carbocycles. The molecule has 0 radical (unpaired) electrons. The van der Waals surface area contributed by atoms with Gasteiger partial charge in [-0.2, -0.15) is 5.10 Å². The van der Waals surface area contributed by atoms with Gasteiger partial charge < -0.3 is 15.6 Å². The van der Waals surface area contributed by atoms with Gasteiger partial charge in [0, 0.05) is 31.4 Å². The van der Waals surface area contributed by atoms with Crippen molar-refractivity contribution in [2.24, 2.45) is 0 Å². The molecular weight excluding hydrogens is 242 g/mol. The van der Waals surface area contributed by atoms with E-state index in [0.717, 1.165) is 29.8 Å². The van der Waals surface area contributed by atoms with E-state index in [9.17, 15) is 4.79 Å². The molecule has 19 heavy (non-hydrogen) atoms. The molecule has 3 heterocycles. The van der Waals surface area contributed by atoms with Gasteiger partial charge in [-0.1, -0.05) is 0 Å². The van der Waals surface area contributed by atoms with Crippen LogP contribution in [0, 0.1) is 6.92 Å². The number of nitrogens with one attached hydrogen (secondary N) is 2. The summed E-state index contributed by atoms with van der Waals surface area (Å²) in [6, 6.07) is 0. The Morgan fingerprint density at radius 1 is 1.53 bits per heavy atom.